The molecule has 16 nitrogen and oxygen atoms in total. The summed E-state index contributed by atoms with van der Waals surface area (Å²) in [5.41, 5.74) is 0. The normalized spacial score (nSPS) is 14.3. The lowest BCUT2D eigenvalue weighted by atomic mass is 10.0. The second kappa shape index (κ2) is 89.5. The van der Waals surface area contributed by atoms with E-state index in [0.29, 0.717) is 19.3 Å². The number of esters is 3. The number of unbranched alkanes of at least 4 members (excludes halogenated alkanes) is 49. The van der Waals surface area contributed by atoms with Gasteiger partial charge in [0.05, 0.1) is 26.4 Å². The van der Waals surface area contributed by atoms with Gasteiger partial charge in [0.15, 0.2) is 6.10 Å². The van der Waals surface area contributed by atoms with Crippen molar-refractivity contribution in [3.63, 3.8) is 0 Å². The van der Waals surface area contributed by atoms with Gasteiger partial charge in [-0.05, 0) is 109 Å². The third-order valence-corrected chi connectivity index (χ3v) is 22.4. The van der Waals surface area contributed by atoms with Gasteiger partial charge in [-0.25, -0.2) is 9.13 Å². The van der Waals surface area contributed by atoms with Gasteiger partial charge in [0.1, 0.15) is 25.4 Å². The van der Waals surface area contributed by atoms with Gasteiger partial charge in [-0.2, -0.15) is 0 Å². The average Bonchev–Trinajstić information content (AvgIpc) is 0.898. The number of phosphoric acid groups is 2. The van der Waals surface area contributed by atoms with Crippen molar-refractivity contribution in [2.75, 3.05) is 39.6 Å². The monoisotopic (exact) mass is 1660 g/mol. The smallest absolute Gasteiger partial charge is 0.463 e. The van der Waals surface area contributed by atoms with Gasteiger partial charge in [-0.3, -0.25) is 32.5 Å². The van der Waals surface area contributed by atoms with E-state index in [1.807, 2.05) is 0 Å². The quantitative estimate of drug-likeness (QED) is 0.0146. The first kappa shape index (κ1) is 111. The predicted molar refractivity (Wildman–Crippen MR) is 482 cm³/mol. The van der Waals surface area contributed by atoms with E-state index in [1.165, 1.54) is 257 Å². The first-order valence-corrected chi connectivity index (χ1v) is 50.2. The Morgan fingerprint density at radius 2 is 0.461 bits per heavy atom. The zero-order chi connectivity index (χ0) is 83.6. The van der Waals surface area contributed by atoms with Crippen molar-refractivity contribution in [2.45, 2.75) is 450 Å². The molecule has 668 valence electrons. The highest BCUT2D eigenvalue weighted by Crippen LogP contribution is 2.45. The number of aliphatic hydroxyl groups excluding tert-OH is 2. The molecular formula is C97H174O16P2. The molecule has 0 radical (unpaired) electrons. The van der Waals surface area contributed by atoms with Crippen molar-refractivity contribution < 1.29 is 75.8 Å². The molecule has 0 bridgehead atoms. The topological polar surface area (TPSA) is 231 Å². The summed E-state index contributed by atoms with van der Waals surface area (Å²) in [5.74, 6) is -1.55. The van der Waals surface area contributed by atoms with Crippen LogP contribution in [0, 0.1) is 0 Å². The molecule has 4 N–H and O–H groups in total. The molecule has 0 spiro atoms. The summed E-state index contributed by atoms with van der Waals surface area (Å²) in [6, 6.07) is 0. The third kappa shape index (κ3) is 90.8. The number of hydrogen-bond acceptors (Lipinski definition) is 14. The fourth-order valence-corrected chi connectivity index (χ4v) is 14.9. The minimum Gasteiger partial charge on any atom is -0.463 e. The molecule has 5 unspecified atom stereocenters. The van der Waals surface area contributed by atoms with Crippen LogP contribution >= 0.6 is 15.6 Å². The van der Waals surface area contributed by atoms with Crippen molar-refractivity contribution in [1.29, 1.82) is 0 Å². The van der Waals surface area contributed by atoms with E-state index < -0.39 is 91.5 Å². The maximum Gasteiger partial charge on any atom is 0.472 e. The van der Waals surface area contributed by atoms with Gasteiger partial charge in [0.2, 0.25) is 0 Å². The summed E-state index contributed by atoms with van der Waals surface area (Å²) in [6.45, 7) is 2.63. The van der Waals surface area contributed by atoms with Gasteiger partial charge >= 0.3 is 33.6 Å². The van der Waals surface area contributed by atoms with Crippen LogP contribution in [0.4, 0.5) is 0 Å². The van der Waals surface area contributed by atoms with Crippen LogP contribution in [0.25, 0.3) is 0 Å². The number of carbonyl (C=O) groups excluding carboxylic acids is 3. The van der Waals surface area contributed by atoms with Crippen LogP contribution in [-0.2, 0) is 55.8 Å². The molecule has 115 heavy (non-hydrogen) atoms. The van der Waals surface area contributed by atoms with Crippen LogP contribution < -0.4 is 0 Å². The lowest BCUT2D eigenvalue weighted by Gasteiger charge is -2.21. The van der Waals surface area contributed by atoms with Crippen LogP contribution in [0.15, 0.2) is 109 Å². The molecule has 18 heteroatoms. The first-order chi connectivity index (χ1) is 56.2. The second-order valence-corrected chi connectivity index (χ2v) is 34.7. The van der Waals surface area contributed by atoms with Crippen molar-refractivity contribution in [3.8, 4) is 0 Å². The predicted octanol–water partition coefficient (Wildman–Crippen LogP) is 29.0. The zero-order valence-corrected chi connectivity index (χ0v) is 75.5. The Labute approximate surface area is 704 Å². The highest BCUT2D eigenvalue weighted by atomic mass is 31.2. The Hall–Kier alpha value is -3.79. The van der Waals surface area contributed by atoms with E-state index in [0.717, 1.165) is 116 Å². The number of allylic oxidation sites excluding steroid dienone is 18. The molecule has 0 fully saturated rings. The molecule has 0 aliphatic rings. The Morgan fingerprint density at radius 1 is 0.252 bits per heavy atom. The SMILES string of the molecule is CC/C=C\C/C=C\C/C=C\C/C=C\C/C=C\CCCCCCCCCCCCCCCCCCCC(=O)OCC(O)COP(=O)(O)OCC(O)COP(=O)(O)OCC(COC(=O)CCCCCCCCCCCCCCCCC/C=C\C/C=C\C/C=C\C/C=C\CCCCC)OC(=O)CCCCCCCCCCCCCCCCC. The number of carbonyl (C=O) groups is 3. The maximum absolute atomic E-state index is 13.0. The Bertz CT molecular complexity index is 2520. The minimum absolute atomic E-state index is 0.110. The first-order valence-electron chi connectivity index (χ1n) is 47.2. The zero-order valence-electron chi connectivity index (χ0n) is 73.7. The number of rotatable bonds is 90. The average molecular weight is 1660 g/mol. The summed E-state index contributed by atoms with van der Waals surface area (Å²) < 4.78 is 61.5. The molecule has 0 amide bonds. The highest BCUT2D eigenvalue weighted by molar-refractivity contribution is 7.47. The summed E-state index contributed by atoms with van der Waals surface area (Å²) in [6.07, 6.45) is 109. The van der Waals surface area contributed by atoms with Crippen molar-refractivity contribution in [2.24, 2.45) is 0 Å². The lowest BCUT2D eigenvalue weighted by molar-refractivity contribution is -0.161. The summed E-state index contributed by atoms with van der Waals surface area (Å²) in [4.78, 5) is 58.9. The van der Waals surface area contributed by atoms with Crippen molar-refractivity contribution in [3.05, 3.63) is 109 Å². The molecule has 0 aliphatic carbocycles. The molecule has 5 atom stereocenters. The number of phosphoric ester groups is 2. The van der Waals surface area contributed by atoms with Crippen molar-refractivity contribution in [1.82, 2.24) is 0 Å². The van der Waals surface area contributed by atoms with E-state index >= 15 is 0 Å². The van der Waals surface area contributed by atoms with Crippen LogP contribution in [-0.4, -0.2) is 95.9 Å². The van der Waals surface area contributed by atoms with Crippen molar-refractivity contribution >= 4 is 33.6 Å². The summed E-state index contributed by atoms with van der Waals surface area (Å²) in [5, 5.41) is 20.7. The Balaban J connectivity index is 4.42. The van der Waals surface area contributed by atoms with E-state index in [-0.39, 0.29) is 19.3 Å². The van der Waals surface area contributed by atoms with E-state index in [4.69, 9.17) is 32.3 Å². The van der Waals surface area contributed by atoms with Gasteiger partial charge < -0.3 is 34.2 Å². The Kier molecular flexibility index (Phi) is 86.5. The molecule has 0 aliphatic heterocycles. The molecule has 0 rings (SSSR count). The van der Waals surface area contributed by atoms with Crippen LogP contribution in [0.2, 0.25) is 0 Å². The molecular weight excluding hydrogens is 1480 g/mol. The molecule has 0 saturated carbocycles. The lowest BCUT2D eigenvalue weighted by Crippen LogP contribution is -2.30. The highest BCUT2D eigenvalue weighted by Gasteiger charge is 2.30. The second-order valence-electron chi connectivity index (χ2n) is 31.8. The maximum atomic E-state index is 13.0. The van der Waals surface area contributed by atoms with E-state index in [2.05, 4.69) is 130 Å². The summed E-state index contributed by atoms with van der Waals surface area (Å²) in [7, 11) is -9.79. The van der Waals surface area contributed by atoms with Crippen LogP contribution in [0.3, 0.4) is 0 Å². The minimum atomic E-state index is -4.93. The molecule has 0 aromatic heterocycles. The number of ether oxygens (including phenoxy) is 3. The van der Waals surface area contributed by atoms with Gasteiger partial charge in [-0.1, -0.05) is 413 Å². The van der Waals surface area contributed by atoms with E-state index in [9.17, 15) is 43.5 Å². The molecule has 0 aromatic rings. The summed E-state index contributed by atoms with van der Waals surface area (Å²) >= 11 is 0. The number of aliphatic hydroxyl groups is 2. The molecule has 0 aromatic carbocycles. The van der Waals surface area contributed by atoms with Gasteiger partial charge in [0.25, 0.3) is 0 Å². The van der Waals surface area contributed by atoms with Gasteiger partial charge in [0, 0.05) is 19.3 Å². The van der Waals surface area contributed by atoms with E-state index in [1.54, 1.807) is 0 Å². The largest absolute Gasteiger partial charge is 0.472 e. The fraction of sp³-hybridized carbons (Fsp3) is 0.784. The third-order valence-electron chi connectivity index (χ3n) is 20.5. The van der Waals surface area contributed by atoms with Gasteiger partial charge in [-0.15, -0.1) is 0 Å². The van der Waals surface area contributed by atoms with Crippen LogP contribution in [0.5, 0.6) is 0 Å². The fourth-order valence-electron chi connectivity index (χ4n) is 13.4. The number of hydrogen-bond donors (Lipinski definition) is 4. The van der Waals surface area contributed by atoms with Crippen LogP contribution in [0.1, 0.15) is 432 Å². The molecule has 0 saturated heterocycles. The Morgan fingerprint density at radius 3 is 0.748 bits per heavy atom. The standard InChI is InChI=1S/C97H174O16P2/c1-4-7-10-13-16-19-22-25-28-30-32-34-36-38-40-42-44-45-47-49-50-52-54-56-58-60-63-65-68-71-74-77-80-83-95(100)107-86-92(98)87-109-114(103,104)110-88-93(99)89-111-115(105,106)112-91-94(113-97(102)85-82-79-76-73-70-67-62-27-24-21-18-15-12-9-6-3)90-108-96(101)84-81-78-75-72-69-66-64-61-59-57-55-53-51-48-46-43-41-39-37-35-33-31-29-26-23-20-17-14-11-8-5-2/h7,10,16-17,19-20,25-26,28-29,32-35,38-41,92-94,98-99H,4-6,8-9,11-15,18,21-24,27,30-31,36-37,42-91H2,1-3H3,(H,103,104)(H,105,106)/b10-7-,19-16-,20-17-,28-25-,29-26-,34-32-,35-33-,40-38-,41-39-. The molecule has 0 heterocycles.